The third-order valence-corrected chi connectivity index (χ3v) is 3.50. The molecule has 4 heteroatoms. The van der Waals surface area contributed by atoms with E-state index in [0.29, 0.717) is 6.61 Å². The first-order valence-electron chi connectivity index (χ1n) is 6.55. The molecular weight excluding hydrogens is 242 g/mol. The molecule has 0 bridgehead atoms. The van der Waals surface area contributed by atoms with E-state index in [4.69, 9.17) is 9.84 Å². The van der Waals surface area contributed by atoms with Gasteiger partial charge in [0.05, 0.1) is 12.6 Å². The van der Waals surface area contributed by atoms with Crippen molar-refractivity contribution >= 4 is 6.09 Å². The van der Waals surface area contributed by atoms with Crippen LogP contribution in [0.5, 0.6) is 0 Å². The third kappa shape index (κ3) is 3.47. The van der Waals surface area contributed by atoms with E-state index in [1.807, 2.05) is 18.2 Å². The van der Waals surface area contributed by atoms with Gasteiger partial charge in [-0.25, -0.2) is 4.79 Å². The molecule has 1 heterocycles. The van der Waals surface area contributed by atoms with E-state index in [9.17, 15) is 4.79 Å². The number of carboxylic acid groups (broad SMARTS) is 1. The number of hydrogen-bond donors (Lipinski definition) is 2. The van der Waals surface area contributed by atoms with Crippen LogP contribution in [0.1, 0.15) is 32.3 Å². The summed E-state index contributed by atoms with van der Waals surface area (Å²) in [5.74, 6) is 0.0808. The van der Waals surface area contributed by atoms with Crippen LogP contribution in [-0.4, -0.2) is 30.0 Å². The van der Waals surface area contributed by atoms with Crippen molar-refractivity contribution in [2.75, 3.05) is 6.61 Å². The topological polar surface area (TPSA) is 61.9 Å². The van der Waals surface area contributed by atoms with Crippen LogP contribution >= 0.6 is 0 Å². The summed E-state index contributed by atoms with van der Waals surface area (Å²) in [6, 6.07) is 9.83. The van der Waals surface area contributed by atoms with Crippen molar-refractivity contribution in [1.82, 2.24) is 5.32 Å². The summed E-state index contributed by atoms with van der Waals surface area (Å²) in [5.41, 5.74) is 1.09. The van der Waals surface area contributed by atoms with E-state index < -0.39 is 6.09 Å². The standard InChI is InChI=1S/C15H21NO3/c1-15(2,3)12(10-7-5-4-6-8-10)13(11-9-19-11)16-14(17)18/h4-8,11-13,16H,9H2,1-3H3,(H,17,18)/t11?,12?,13-/m1/s1. The van der Waals surface area contributed by atoms with Gasteiger partial charge in [0.25, 0.3) is 0 Å². The van der Waals surface area contributed by atoms with Crippen molar-refractivity contribution in [2.45, 2.75) is 38.8 Å². The first-order chi connectivity index (χ1) is 8.89. The van der Waals surface area contributed by atoms with Gasteiger partial charge in [-0.05, 0) is 11.0 Å². The molecule has 1 aromatic rings. The van der Waals surface area contributed by atoms with E-state index in [1.54, 1.807) is 0 Å². The fraction of sp³-hybridized carbons (Fsp3) is 0.533. The molecule has 0 spiro atoms. The Morgan fingerprint density at radius 3 is 2.37 bits per heavy atom. The molecule has 0 saturated carbocycles. The van der Waals surface area contributed by atoms with Gasteiger partial charge in [0, 0.05) is 5.92 Å². The number of nitrogens with one attached hydrogen (secondary N) is 1. The first kappa shape index (κ1) is 13.9. The summed E-state index contributed by atoms with van der Waals surface area (Å²) in [5, 5.41) is 11.7. The van der Waals surface area contributed by atoms with Crippen molar-refractivity contribution in [3.05, 3.63) is 35.9 Å². The lowest BCUT2D eigenvalue weighted by Gasteiger charge is -2.37. The lowest BCUT2D eigenvalue weighted by atomic mass is 9.71. The molecule has 2 N–H and O–H groups in total. The number of amides is 1. The zero-order chi connectivity index (χ0) is 14.0. The van der Waals surface area contributed by atoms with Crippen molar-refractivity contribution in [3.63, 3.8) is 0 Å². The third-order valence-electron chi connectivity index (χ3n) is 3.50. The summed E-state index contributed by atoms with van der Waals surface area (Å²) in [4.78, 5) is 11.0. The highest BCUT2D eigenvalue weighted by molar-refractivity contribution is 5.65. The lowest BCUT2D eigenvalue weighted by Crippen LogP contribution is -2.46. The predicted molar refractivity (Wildman–Crippen MR) is 73.3 cm³/mol. The Morgan fingerprint density at radius 2 is 1.95 bits per heavy atom. The monoisotopic (exact) mass is 263 g/mol. The number of ether oxygens (including phenoxy) is 1. The van der Waals surface area contributed by atoms with Crippen LogP contribution in [0.4, 0.5) is 4.79 Å². The van der Waals surface area contributed by atoms with E-state index in [-0.39, 0.29) is 23.5 Å². The fourth-order valence-electron chi connectivity index (χ4n) is 2.70. The Labute approximate surface area is 113 Å². The molecule has 1 aliphatic rings. The van der Waals surface area contributed by atoms with E-state index >= 15 is 0 Å². The maximum Gasteiger partial charge on any atom is 0.404 e. The number of benzene rings is 1. The number of epoxide rings is 1. The minimum Gasteiger partial charge on any atom is -0.465 e. The van der Waals surface area contributed by atoms with Gasteiger partial charge in [-0.1, -0.05) is 51.1 Å². The van der Waals surface area contributed by atoms with E-state index in [2.05, 4.69) is 38.2 Å². The molecule has 0 aromatic heterocycles. The van der Waals surface area contributed by atoms with Gasteiger partial charge in [0.1, 0.15) is 6.10 Å². The zero-order valence-electron chi connectivity index (χ0n) is 11.6. The molecule has 2 rings (SSSR count). The summed E-state index contributed by atoms with van der Waals surface area (Å²) in [6.45, 7) is 7.01. The van der Waals surface area contributed by atoms with Crippen molar-refractivity contribution in [3.8, 4) is 0 Å². The van der Waals surface area contributed by atoms with Gasteiger partial charge in [-0.15, -0.1) is 0 Å². The molecule has 0 aliphatic carbocycles. The van der Waals surface area contributed by atoms with Gasteiger partial charge < -0.3 is 15.2 Å². The largest absolute Gasteiger partial charge is 0.465 e. The number of rotatable bonds is 4. The van der Waals surface area contributed by atoms with E-state index in [0.717, 1.165) is 5.56 Å². The second-order valence-corrected chi connectivity index (χ2v) is 6.10. The zero-order valence-corrected chi connectivity index (χ0v) is 11.6. The average Bonchev–Trinajstić information content (AvgIpc) is 3.10. The van der Waals surface area contributed by atoms with Gasteiger partial charge in [0.15, 0.2) is 0 Å². The van der Waals surface area contributed by atoms with Gasteiger partial charge in [-0.2, -0.15) is 0 Å². The molecule has 2 unspecified atom stereocenters. The number of carbonyl (C=O) groups is 1. The second kappa shape index (κ2) is 5.21. The van der Waals surface area contributed by atoms with Gasteiger partial charge in [-0.3, -0.25) is 0 Å². The fourth-order valence-corrected chi connectivity index (χ4v) is 2.70. The Balaban J connectivity index is 2.33. The smallest absolute Gasteiger partial charge is 0.404 e. The average molecular weight is 263 g/mol. The molecule has 0 radical (unpaired) electrons. The predicted octanol–water partition coefficient (Wildman–Crippen LogP) is 2.85. The van der Waals surface area contributed by atoms with Crippen molar-refractivity contribution in [2.24, 2.45) is 5.41 Å². The number of hydrogen-bond acceptors (Lipinski definition) is 2. The van der Waals surface area contributed by atoms with Crippen molar-refractivity contribution < 1.29 is 14.6 Å². The molecule has 1 saturated heterocycles. The van der Waals surface area contributed by atoms with E-state index in [1.165, 1.54) is 0 Å². The Hall–Kier alpha value is -1.55. The van der Waals surface area contributed by atoms with Crippen LogP contribution in [0.25, 0.3) is 0 Å². The highest BCUT2D eigenvalue weighted by Crippen LogP contribution is 2.41. The molecule has 1 fully saturated rings. The summed E-state index contributed by atoms with van der Waals surface area (Å²) in [7, 11) is 0. The van der Waals surface area contributed by atoms with Gasteiger partial charge >= 0.3 is 6.09 Å². The molecule has 4 nitrogen and oxygen atoms in total. The molecule has 1 amide bonds. The molecule has 1 aromatic carbocycles. The van der Waals surface area contributed by atoms with Crippen molar-refractivity contribution in [1.29, 1.82) is 0 Å². The summed E-state index contributed by atoms with van der Waals surface area (Å²) < 4.78 is 5.34. The maximum atomic E-state index is 11.0. The van der Waals surface area contributed by atoms with Gasteiger partial charge in [0.2, 0.25) is 0 Å². The molecule has 19 heavy (non-hydrogen) atoms. The molecule has 1 aliphatic heterocycles. The van der Waals surface area contributed by atoms with Crippen LogP contribution in [0.3, 0.4) is 0 Å². The quantitative estimate of drug-likeness (QED) is 0.821. The van der Waals surface area contributed by atoms with Crippen LogP contribution in [0, 0.1) is 5.41 Å². The Bertz CT molecular complexity index is 434. The normalized spacial score (nSPS) is 21.5. The van der Waals surface area contributed by atoms with Crippen LogP contribution in [0.15, 0.2) is 30.3 Å². The summed E-state index contributed by atoms with van der Waals surface area (Å²) in [6.07, 6.45) is -1.01. The highest BCUT2D eigenvalue weighted by Gasteiger charge is 2.44. The second-order valence-electron chi connectivity index (χ2n) is 6.10. The minimum absolute atomic E-state index is 0.0134. The Morgan fingerprint density at radius 1 is 1.37 bits per heavy atom. The maximum absolute atomic E-state index is 11.0. The SMILES string of the molecule is CC(C)(C)C(c1ccccc1)[C@H](NC(=O)O)C1CO1. The molecule has 104 valence electrons. The lowest BCUT2D eigenvalue weighted by molar-refractivity contribution is 0.168. The van der Waals surface area contributed by atoms with Crippen LogP contribution in [0.2, 0.25) is 0 Å². The van der Waals surface area contributed by atoms with Crippen LogP contribution in [-0.2, 0) is 4.74 Å². The van der Waals surface area contributed by atoms with Crippen LogP contribution < -0.4 is 5.32 Å². The highest BCUT2D eigenvalue weighted by atomic mass is 16.6. The molecule has 3 atom stereocenters. The summed E-state index contributed by atoms with van der Waals surface area (Å²) >= 11 is 0. The Kier molecular flexibility index (Phi) is 3.80. The first-order valence-corrected chi connectivity index (χ1v) is 6.55. The molecular formula is C15H21NO3. The minimum atomic E-state index is -0.995.